The highest BCUT2D eigenvalue weighted by Gasteiger charge is 2.29. The molecule has 1 aromatic carbocycles. The maximum Gasteiger partial charge on any atom is 0.257 e. The van der Waals surface area contributed by atoms with Crippen LogP contribution in [0.1, 0.15) is 79.5 Å². The highest BCUT2D eigenvalue weighted by Crippen LogP contribution is 2.28. The predicted octanol–water partition coefficient (Wildman–Crippen LogP) is 4.86. The van der Waals surface area contributed by atoms with Crippen LogP contribution in [0.3, 0.4) is 0 Å². The normalized spacial score (nSPS) is 19.1. The van der Waals surface area contributed by atoms with Crippen LogP contribution < -0.4 is 10.6 Å². The molecule has 2 aromatic rings. The largest absolute Gasteiger partial charge is 0.353 e. The summed E-state index contributed by atoms with van der Waals surface area (Å²) in [6.45, 7) is 5.93. The van der Waals surface area contributed by atoms with E-state index in [0.717, 1.165) is 50.2 Å². The monoisotopic (exact) mass is 448 g/mol. The van der Waals surface area contributed by atoms with Gasteiger partial charge in [0.2, 0.25) is 5.91 Å². The number of aryl methyl sites for hydroxylation is 1. The molecule has 1 saturated carbocycles. The average Bonchev–Trinajstić information content (AvgIpc) is 2.85. The van der Waals surface area contributed by atoms with Crippen molar-refractivity contribution >= 4 is 17.5 Å². The lowest BCUT2D eigenvalue weighted by atomic mass is 9.91. The molecule has 0 bridgehead atoms. The second-order valence-corrected chi connectivity index (χ2v) is 9.60. The quantitative estimate of drug-likeness (QED) is 0.662. The summed E-state index contributed by atoms with van der Waals surface area (Å²) in [6, 6.07) is 12.3. The number of aromatic nitrogens is 1. The number of benzene rings is 1. The Balaban J connectivity index is 1.30. The number of nitrogens with zero attached hydrogens (tertiary/aromatic N) is 2. The van der Waals surface area contributed by atoms with Crippen molar-refractivity contribution in [3.63, 3.8) is 0 Å². The third kappa shape index (κ3) is 6.20. The molecule has 2 fully saturated rings. The third-order valence-corrected chi connectivity index (χ3v) is 7.20. The summed E-state index contributed by atoms with van der Waals surface area (Å²) < 4.78 is 0. The van der Waals surface area contributed by atoms with Crippen molar-refractivity contribution in [1.29, 1.82) is 0 Å². The number of pyridine rings is 1. The van der Waals surface area contributed by atoms with Gasteiger partial charge >= 0.3 is 0 Å². The fourth-order valence-electron chi connectivity index (χ4n) is 5.01. The summed E-state index contributed by atoms with van der Waals surface area (Å²) in [6.07, 6.45) is 9.45. The number of piperidine rings is 1. The van der Waals surface area contributed by atoms with Gasteiger partial charge < -0.3 is 10.6 Å². The molecule has 1 unspecified atom stereocenters. The lowest BCUT2D eigenvalue weighted by Gasteiger charge is -2.36. The Hall–Kier alpha value is -2.73. The van der Waals surface area contributed by atoms with Gasteiger partial charge in [-0.2, -0.15) is 0 Å². The molecule has 6 heteroatoms. The number of hydrogen-bond acceptors (Lipinski definition) is 4. The molecule has 33 heavy (non-hydrogen) atoms. The molecular formula is C27H36N4O2. The molecule has 0 radical (unpaired) electrons. The molecule has 1 aromatic heterocycles. The lowest BCUT2D eigenvalue weighted by Crippen LogP contribution is -2.44. The topological polar surface area (TPSA) is 74.3 Å². The first kappa shape index (κ1) is 23.4. The van der Waals surface area contributed by atoms with Crippen molar-refractivity contribution < 1.29 is 9.59 Å². The maximum absolute atomic E-state index is 12.7. The van der Waals surface area contributed by atoms with E-state index in [0.29, 0.717) is 11.6 Å². The molecule has 1 aliphatic carbocycles. The van der Waals surface area contributed by atoms with Crippen LogP contribution in [0.15, 0.2) is 42.6 Å². The van der Waals surface area contributed by atoms with E-state index >= 15 is 0 Å². The van der Waals surface area contributed by atoms with E-state index in [4.69, 9.17) is 0 Å². The molecule has 1 saturated heterocycles. The van der Waals surface area contributed by atoms with Crippen LogP contribution in [0.4, 0.5) is 5.69 Å². The van der Waals surface area contributed by atoms with Crippen molar-refractivity contribution in [2.24, 2.45) is 5.92 Å². The Morgan fingerprint density at radius 2 is 1.79 bits per heavy atom. The fraction of sp³-hybridized carbons (Fsp3) is 0.519. The summed E-state index contributed by atoms with van der Waals surface area (Å²) in [5.41, 5.74) is 3.39. The summed E-state index contributed by atoms with van der Waals surface area (Å²) in [7, 11) is 0. The molecule has 0 spiro atoms. The van der Waals surface area contributed by atoms with Crippen molar-refractivity contribution in [1.82, 2.24) is 15.2 Å². The second-order valence-electron chi connectivity index (χ2n) is 9.60. The van der Waals surface area contributed by atoms with Gasteiger partial charge in [-0.3, -0.25) is 19.5 Å². The van der Waals surface area contributed by atoms with Gasteiger partial charge in [0, 0.05) is 35.6 Å². The average molecular weight is 449 g/mol. The standard InChI is InChI=1S/C27H36N4O2/c1-19-11-12-23(18-28-19)27(33)30-25-10-6-7-22(17-25)20(2)31-15-13-21(14-16-31)26(32)29-24-8-4-3-5-9-24/h6-7,10-12,17-18,20-21,24H,3-5,8-9,13-16H2,1-2H3,(H,29,32)(H,30,33). The first-order valence-corrected chi connectivity index (χ1v) is 12.4. The van der Waals surface area contributed by atoms with E-state index < -0.39 is 0 Å². The van der Waals surface area contributed by atoms with Crippen molar-refractivity contribution in [3.8, 4) is 0 Å². The summed E-state index contributed by atoms with van der Waals surface area (Å²) in [5.74, 6) is 0.228. The molecule has 2 aliphatic rings. The van der Waals surface area contributed by atoms with E-state index in [1.165, 1.54) is 24.8 Å². The molecule has 6 nitrogen and oxygen atoms in total. The van der Waals surface area contributed by atoms with E-state index in [1.54, 1.807) is 12.3 Å². The summed E-state index contributed by atoms with van der Waals surface area (Å²) in [4.78, 5) is 31.9. The molecule has 176 valence electrons. The Labute approximate surface area is 197 Å². The zero-order valence-corrected chi connectivity index (χ0v) is 19.8. The van der Waals surface area contributed by atoms with Crippen LogP contribution in [0.2, 0.25) is 0 Å². The molecule has 2 amide bonds. The smallest absolute Gasteiger partial charge is 0.257 e. The van der Waals surface area contributed by atoms with Gasteiger partial charge in [-0.15, -0.1) is 0 Å². The highest BCUT2D eigenvalue weighted by molar-refractivity contribution is 6.04. The van der Waals surface area contributed by atoms with E-state index in [9.17, 15) is 9.59 Å². The van der Waals surface area contributed by atoms with Crippen molar-refractivity contribution in [3.05, 3.63) is 59.4 Å². The zero-order chi connectivity index (χ0) is 23.2. The van der Waals surface area contributed by atoms with Crippen LogP contribution in [0, 0.1) is 12.8 Å². The van der Waals surface area contributed by atoms with Crippen LogP contribution in [0.25, 0.3) is 0 Å². The summed E-state index contributed by atoms with van der Waals surface area (Å²) >= 11 is 0. The number of likely N-dealkylation sites (tertiary alicyclic amines) is 1. The van der Waals surface area contributed by atoms with Gasteiger partial charge in [0.05, 0.1) is 5.56 Å². The molecule has 2 N–H and O–H groups in total. The van der Waals surface area contributed by atoms with E-state index in [-0.39, 0.29) is 23.8 Å². The summed E-state index contributed by atoms with van der Waals surface area (Å²) in [5, 5.41) is 6.29. The van der Waals surface area contributed by atoms with E-state index in [2.05, 4.69) is 33.5 Å². The number of carbonyl (C=O) groups is 2. The van der Waals surface area contributed by atoms with Gasteiger partial charge in [-0.25, -0.2) is 0 Å². The first-order chi connectivity index (χ1) is 16.0. The number of rotatable bonds is 6. The minimum atomic E-state index is -0.155. The first-order valence-electron chi connectivity index (χ1n) is 12.4. The number of nitrogens with one attached hydrogen (secondary N) is 2. The molecule has 1 atom stereocenters. The minimum absolute atomic E-state index is 0.129. The van der Waals surface area contributed by atoms with Crippen LogP contribution >= 0.6 is 0 Å². The Bertz CT molecular complexity index is 945. The maximum atomic E-state index is 12.7. The lowest BCUT2D eigenvalue weighted by molar-refractivity contribution is -0.127. The molecular weight excluding hydrogens is 412 g/mol. The Morgan fingerprint density at radius 3 is 2.48 bits per heavy atom. The van der Waals surface area contributed by atoms with Crippen LogP contribution in [0.5, 0.6) is 0 Å². The number of amides is 2. The predicted molar refractivity (Wildman–Crippen MR) is 131 cm³/mol. The Morgan fingerprint density at radius 1 is 1.03 bits per heavy atom. The fourth-order valence-corrected chi connectivity index (χ4v) is 5.01. The van der Waals surface area contributed by atoms with Gasteiger partial charge in [-0.1, -0.05) is 31.4 Å². The zero-order valence-electron chi connectivity index (χ0n) is 19.8. The third-order valence-electron chi connectivity index (χ3n) is 7.20. The second kappa shape index (κ2) is 10.9. The highest BCUT2D eigenvalue weighted by atomic mass is 16.2. The SMILES string of the molecule is Cc1ccc(C(=O)Nc2cccc(C(C)N3CCC(C(=O)NC4CCCCC4)CC3)c2)cn1. The van der Waals surface area contributed by atoms with Crippen molar-refractivity contribution in [2.45, 2.75) is 70.9 Å². The van der Waals surface area contributed by atoms with E-state index in [1.807, 2.05) is 31.2 Å². The molecule has 4 rings (SSSR count). The minimum Gasteiger partial charge on any atom is -0.353 e. The number of anilines is 1. The van der Waals surface area contributed by atoms with Gasteiger partial charge in [-0.05, 0) is 82.4 Å². The molecule has 1 aliphatic heterocycles. The number of carbonyl (C=O) groups excluding carboxylic acids is 2. The Kier molecular flexibility index (Phi) is 7.76. The van der Waals surface area contributed by atoms with Gasteiger partial charge in [0.25, 0.3) is 5.91 Å². The van der Waals surface area contributed by atoms with Crippen LogP contribution in [-0.4, -0.2) is 40.8 Å². The molecule has 2 heterocycles. The number of hydrogen-bond donors (Lipinski definition) is 2. The van der Waals surface area contributed by atoms with Crippen LogP contribution in [-0.2, 0) is 4.79 Å². The van der Waals surface area contributed by atoms with Crippen molar-refractivity contribution in [2.75, 3.05) is 18.4 Å². The van der Waals surface area contributed by atoms with Gasteiger partial charge in [0.1, 0.15) is 0 Å². The van der Waals surface area contributed by atoms with Gasteiger partial charge in [0.15, 0.2) is 0 Å².